The Morgan fingerprint density at radius 1 is 0.850 bits per heavy atom. The first-order valence-electron chi connectivity index (χ1n) is 6.59. The minimum absolute atomic E-state index is 0.204. The van der Waals surface area contributed by atoms with Crippen molar-refractivity contribution in [1.29, 1.82) is 0 Å². The van der Waals surface area contributed by atoms with E-state index in [2.05, 4.69) is 0 Å². The zero-order valence-corrected chi connectivity index (χ0v) is 12.4. The van der Waals surface area contributed by atoms with Gasteiger partial charge < -0.3 is 4.55 Å². The van der Waals surface area contributed by atoms with Gasteiger partial charge in [0.15, 0.2) is 0 Å². The van der Waals surface area contributed by atoms with Crippen LogP contribution in [0.3, 0.4) is 0 Å². The molecule has 0 saturated carbocycles. The zero-order valence-electron chi connectivity index (χ0n) is 11.6. The molecule has 4 heteroatoms. The molecule has 0 aliphatic rings. The fraction of sp³-hybridized carbons (Fsp3) is 0.250. The summed E-state index contributed by atoms with van der Waals surface area (Å²) in [6.07, 6.45) is 0. The van der Waals surface area contributed by atoms with E-state index >= 15 is 0 Å². The molecule has 0 bridgehead atoms. The topological polar surface area (TPSA) is 43.4 Å². The summed E-state index contributed by atoms with van der Waals surface area (Å²) in [5.74, 6) is 0. The molecule has 0 saturated heterocycles. The fourth-order valence-electron chi connectivity index (χ4n) is 2.35. The smallest absolute Gasteiger partial charge is 0.0443 e. The largest absolute Gasteiger partial charge is 0.760 e. The van der Waals surface area contributed by atoms with E-state index in [1.165, 1.54) is 4.31 Å². The Morgan fingerprint density at radius 3 is 1.50 bits per heavy atom. The Morgan fingerprint density at radius 2 is 1.20 bits per heavy atom. The van der Waals surface area contributed by atoms with Gasteiger partial charge >= 0.3 is 0 Å². The molecule has 2 aromatic carbocycles. The molecular weight excluding hydrogens is 270 g/mol. The van der Waals surface area contributed by atoms with Crippen molar-refractivity contribution in [2.75, 3.05) is 0 Å². The number of benzene rings is 2. The van der Waals surface area contributed by atoms with Gasteiger partial charge in [0.25, 0.3) is 0 Å². The third-order valence-corrected chi connectivity index (χ3v) is 4.48. The number of nitrogens with zero attached hydrogens (tertiary/aromatic N) is 1. The highest BCUT2D eigenvalue weighted by Crippen LogP contribution is 2.31. The Hall–Kier alpha value is -1.49. The van der Waals surface area contributed by atoms with Crippen molar-refractivity contribution in [3.8, 4) is 0 Å². The molecule has 0 aliphatic heterocycles. The van der Waals surface area contributed by atoms with Crippen molar-refractivity contribution in [3.05, 3.63) is 71.8 Å². The minimum atomic E-state index is -2.28. The number of rotatable bonds is 5. The van der Waals surface area contributed by atoms with Gasteiger partial charge in [-0.15, -0.1) is 0 Å². The summed E-state index contributed by atoms with van der Waals surface area (Å²) >= 11 is -2.28. The van der Waals surface area contributed by atoms with Crippen LogP contribution in [0, 0.1) is 0 Å². The molecule has 20 heavy (non-hydrogen) atoms. The van der Waals surface area contributed by atoms with Crippen LogP contribution in [0.15, 0.2) is 60.7 Å². The molecule has 3 nitrogen and oxygen atoms in total. The van der Waals surface area contributed by atoms with Crippen LogP contribution < -0.4 is 0 Å². The maximum Gasteiger partial charge on any atom is 0.0443 e. The third kappa shape index (κ3) is 3.33. The second-order valence-corrected chi connectivity index (χ2v) is 5.61. The van der Waals surface area contributed by atoms with Gasteiger partial charge in [-0.2, -0.15) is 0 Å². The van der Waals surface area contributed by atoms with Crippen molar-refractivity contribution >= 4 is 11.3 Å². The van der Waals surface area contributed by atoms with Crippen LogP contribution >= 0.6 is 0 Å². The molecule has 0 spiro atoms. The first-order valence-corrected chi connectivity index (χ1v) is 7.62. The van der Waals surface area contributed by atoms with Gasteiger partial charge in [-0.25, -0.2) is 4.31 Å². The lowest BCUT2D eigenvalue weighted by molar-refractivity contribution is 0.270. The second-order valence-electron chi connectivity index (χ2n) is 4.75. The maximum atomic E-state index is 11.7. The Balaban J connectivity index is 2.30. The van der Waals surface area contributed by atoms with Crippen LogP contribution in [0.5, 0.6) is 0 Å². The molecule has 2 aromatic rings. The third-order valence-electron chi connectivity index (χ3n) is 3.50. The van der Waals surface area contributed by atoms with Crippen molar-refractivity contribution in [3.63, 3.8) is 0 Å². The lowest BCUT2D eigenvalue weighted by Gasteiger charge is -2.36. The predicted octanol–water partition coefficient (Wildman–Crippen LogP) is 3.60. The molecule has 0 aliphatic carbocycles. The minimum Gasteiger partial charge on any atom is -0.760 e. The second kappa shape index (κ2) is 6.79. The molecule has 0 amide bonds. The summed E-state index contributed by atoms with van der Waals surface area (Å²) in [4.78, 5) is 0. The molecule has 0 heterocycles. The quantitative estimate of drug-likeness (QED) is 0.789. The van der Waals surface area contributed by atoms with Crippen LogP contribution in [0.2, 0.25) is 0 Å². The molecule has 3 unspecified atom stereocenters. The highest BCUT2D eigenvalue weighted by atomic mass is 32.2. The van der Waals surface area contributed by atoms with Gasteiger partial charge in [-0.05, 0) is 25.0 Å². The predicted molar refractivity (Wildman–Crippen MR) is 80.5 cm³/mol. The van der Waals surface area contributed by atoms with E-state index in [9.17, 15) is 8.76 Å². The lowest BCUT2D eigenvalue weighted by atomic mass is 10.0. The molecule has 0 N–H and O–H groups in total. The summed E-state index contributed by atoms with van der Waals surface area (Å²) in [6, 6.07) is 18.9. The Bertz CT molecular complexity index is 514. The van der Waals surface area contributed by atoms with Crippen molar-refractivity contribution < 1.29 is 8.76 Å². The first-order chi connectivity index (χ1) is 9.61. The number of hydrogen-bond donors (Lipinski definition) is 0. The van der Waals surface area contributed by atoms with Crippen molar-refractivity contribution in [1.82, 2.24) is 4.31 Å². The summed E-state index contributed by atoms with van der Waals surface area (Å²) in [6.45, 7) is 3.81. The van der Waals surface area contributed by atoms with E-state index < -0.39 is 11.3 Å². The van der Waals surface area contributed by atoms with Crippen LogP contribution in [0.4, 0.5) is 0 Å². The molecule has 0 fully saturated rings. The Labute approximate surface area is 122 Å². The zero-order chi connectivity index (χ0) is 14.5. The molecule has 106 valence electrons. The number of hydrogen-bond acceptors (Lipinski definition) is 2. The van der Waals surface area contributed by atoms with Gasteiger partial charge in [0, 0.05) is 23.4 Å². The van der Waals surface area contributed by atoms with Crippen LogP contribution in [-0.2, 0) is 11.3 Å². The summed E-state index contributed by atoms with van der Waals surface area (Å²) in [7, 11) is 0. The molecular formula is C16H18NO2S-. The van der Waals surface area contributed by atoms with E-state index in [1.807, 2.05) is 74.5 Å². The van der Waals surface area contributed by atoms with E-state index in [0.29, 0.717) is 0 Å². The van der Waals surface area contributed by atoms with E-state index in [1.54, 1.807) is 0 Å². The fourth-order valence-corrected chi connectivity index (χ4v) is 3.11. The molecule has 3 atom stereocenters. The van der Waals surface area contributed by atoms with Crippen molar-refractivity contribution in [2.24, 2.45) is 0 Å². The van der Waals surface area contributed by atoms with Gasteiger partial charge in [0.2, 0.25) is 0 Å². The van der Waals surface area contributed by atoms with E-state index in [4.69, 9.17) is 0 Å². The summed E-state index contributed by atoms with van der Waals surface area (Å²) in [5, 5.41) is 0. The lowest BCUT2D eigenvalue weighted by Crippen LogP contribution is -2.31. The molecule has 2 rings (SSSR count). The van der Waals surface area contributed by atoms with E-state index in [0.717, 1.165) is 11.1 Å². The van der Waals surface area contributed by atoms with E-state index in [-0.39, 0.29) is 12.1 Å². The standard InChI is InChI=1S/C16H19NO2S/c1-13(15-9-5-3-6-10-15)17(20(18)19)14(2)16-11-7-4-8-12-16/h3-14H,1-2H3,(H,18,19)/p-1. The van der Waals surface area contributed by atoms with Gasteiger partial charge in [-0.3, -0.25) is 4.21 Å². The Kier molecular flexibility index (Phi) is 5.06. The summed E-state index contributed by atoms with van der Waals surface area (Å²) in [5.41, 5.74) is 1.97. The molecule has 0 aromatic heterocycles. The van der Waals surface area contributed by atoms with Crippen LogP contribution in [0.1, 0.15) is 37.1 Å². The van der Waals surface area contributed by atoms with Gasteiger partial charge in [0.1, 0.15) is 0 Å². The maximum absolute atomic E-state index is 11.7. The average Bonchev–Trinajstić information content (AvgIpc) is 2.48. The van der Waals surface area contributed by atoms with Crippen LogP contribution in [-0.4, -0.2) is 13.1 Å². The average molecular weight is 288 g/mol. The SMILES string of the molecule is CC(c1ccccc1)N(C(C)c1ccccc1)S(=O)[O-]. The highest BCUT2D eigenvalue weighted by molar-refractivity contribution is 7.76. The van der Waals surface area contributed by atoms with Crippen molar-refractivity contribution in [2.45, 2.75) is 25.9 Å². The van der Waals surface area contributed by atoms with Gasteiger partial charge in [0.05, 0.1) is 0 Å². The van der Waals surface area contributed by atoms with Gasteiger partial charge in [-0.1, -0.05) is 60.7 Å². The highest BCUT2D eigenvalue weighted by Gasteiger charge is 2.23. The normalized spacial score (nSPS) is 15.8. The first kappa shape index (κ1) is 14.9. The van der Waals surface area contributed by atoms with Crippen LogP contribution in [0.25, 0.3) is 0 Å². The monoisotopic (exact) mass is 288 g/mol. The summed E-state index contributed by atoms with van der Waals surface area (Å²) < 4.78 is 24.8. The molecule has 0 radical (unpaired) electrons.